The third kappa shape index (κ3) is 6.28. The molecule has 4 heteroatoms. The number of hydrogen-bond donors (Lipinski definition) is 1. The summed E-state index contributed by atoms with van der Waals surface area (Å²) >= 11 is 2.24. The molecule has 0 aromatic rings. The average molecular weight is 257 g/mol. The zero-order chi connectivity index (χ0) is 7.98. The molecule has 0 spiro atoms. The summed E-state index contributed by atoms with van der Waals surface area (Å²) in [6.45, 7) is 2.72. The summed E-state index contributed by atoms with van der Waals surface area (Å²) in [6, 6.07) is 0. The predicted octanol–water partition coefficient (Wildman–Crippen LogP) is 0.920. The second kappa shape index (κ2) is 5.91. The highest BCUT2D eigenvalue weighted by molar-refractivity contribution is 14.1. The van der Waals surface area contributed by atoms with E-state index in [0.717, 1.165) is 0 Å². The summed E-state index contributed by atoms with van der Waals surface area (Å²) in [5.41, 5.74) is 0. The molecule has 3 nitrogen and oxygen atoms in total. The highest BCUT2D eigenvalue weighted by atomic mass is 127. The van der Waals surface area contributed by atoms with E-state index in [-0.39, 0.29) is 5.97 Å². The van der Waals surface area contributed by atoms with Crippen LogP contribution in [0.4, 0.5) is 0 Å². The lowest BCUT2D eigenvalue weighted by Crippen LogP contribution is -2.23. The highest BCUT2D eigenvalue weighted by Crippen LogP contribution is 1.92. The first-order chi connectivity index (χ1) is 4.66. The molecule has 0 amide bonds. The van der Waals surface area contributed by atoms with Crippen molar-refractivity contribution in [3.05, 3.63) is 0 Å². The molecule has 0 aromatic heterocycles. The average Bonchev–Trinajstić information content (AvgIpc) is 1.87. The van der Waals surface area contributed by atoms with Gasteiger partial charge in [-0.15, -0.1) is 0 Å². The van der Waals surface area contributed by atoms with E-state index in [1.807, 2.05) is 6.92 Å². The second-order valence-electron chi connectivity index (χ2n) is 1.90. The van der Waals surface area contributed by atoms with Crippen molar-refractivity contribution < 1.29 is 9.53 Å². The minimum absolute atomic E-state index is 0.162. The number of esters is 1. The summed E-state index contributed by atoms with van der Waals surface area (Å²) in [4.78, 5) is 10.5. The van der Waals surface area contributed by atoms with Crippen molar-refractivity contribution >= 4 is 28.6 Å². The van der Waals surface area contributed by atoms with Crippen molar-refractivity contribution in [3.63, 3.8) is 0 Å². The molecule has 0 aliphatic heterocycles. The Labute approximate surface area is 74.7 Å². The molecule has 0 radical (unpaired) electrons. The third-order valence-electron chi connectivity index (χ3n) is 0.982. The molecule has 0 fully saturated rings. The number of carbonyl (C=O) groups excluding carboxylic acids is 1. The molecule has 0 aromatic carbocycles. The van der Waals surface area contributed by atoms with Crippen LogP contribution in [0.1, 0.15) is 13.3 Å². The van der Waals surface area contributed by atoms with Gasteiger partial charge >= 0.3 is 5.97 Å². The molecule has 0 bridgehead atoms. The first-order valence-electron chi connectivity index (χ1n) is 3.11. The summed E-state index contributed by atoms with van der Waals surface area (Å²) < 4.78 is 4.86. The molecule has 0 aliphatic carbocycles. The van der Waals surface area contributed by atoms with Crippen LogP contribution in [0.25, 0.3) is 0 Å². The fourth-order valence-corrected chi connectivity index (χ4v) is 0.787. The Bertz CT molecular complexity index is 106. The number of methoxy groups -OCH3 is 1. The zero-order valence-electron chi connectivity index (χ0n) is 6.19. The molecule has 1 atom stereocenters. The molecule has 0 aliphatic rings. The number of hydrogen-bond acceptors (Lipinski definition) is 3. The third-order valence-corrected chi connectivity index (χ3v) is 1.42. The molecule has 0 rings (SSSR count). The van der Waals surface area contributed by atoms with Gasteiger partial charge in [0.05, 0.1) is 17.6 Å². The van der Waals surface area contributed by atoms with Crippen LogP contribution in [0.2, 0.25) is 0 Å². The Morgan fingerprint density at radius 2 is 2.40 bits per heavy atom. The lowest BCUT2D eigenvalue weighted by Gasteiger charge is -2.04. The van der Waals surface area contributed by atoms with Gasteiger partial charge in [0.1, 0.15) is 0 Å². The zero-order valence-corrected chi connectivity index (χ0v) is 8.34. The van der Waals surface area contributed by atoms with Crippen LogP contribution in [0.5, 0.6) is 0 Å². The van der Waals surface area contributed by atoms with E-state index in [1.54, 1.807) is 0 Å². The van der Waals surface area contributed by atoms with Crippen molar-refractivity contribution in [2.45, 2.75) is 17.4 Å². The highest BCUT2D eigenvalue weighted by Gasteiger charge is 1.99. The Kier molecular flexibility index (Phi) is 6.00. The Balaban J connectivity index is 3.12. The number of nitrogens with one attached hydrogen (secondary N) is 1. The van der Waals surface area contributed by atoms with Gasteiger partial charge in [-0.1, -0.05) is 22.6 Å². The van der Waals surface area contributed by atoms with E-state index >= 15 is 0 Å². The number of alkyl halides is 1. The number of rotatable bonds is 4. The monoisotopic (exact) mass is 257 g/mol. The van der Waals surface area contributed by atoms with E-state index < -0.39 is 0 Å². The normalized spacial score (nSPS) is 12.7. The predicted molar refractivity (Wildman–Crippen MR) is 48.1 cm³/mol. The van der Waals surface area contributed by atoms with E-state index in [0.29, 0.717) is 17.0 Å². The van der Waals surface area contributed by atoms with Gasteiger partial charge in [-0.25, -0.2) is 0 Å². The van der Waals surface area contributed by atoms with Crippen LogP contribution < -0.4 is 5.32 Å². The SMILES string of the molecule is COC(=O)CCNC(C)I. The van der Waals surface area contributed by atoms with Gasteiger partial charge in [0.2, 0.25) is 0 Å². The lowest BCUT2D eigenvalue weighted by molar-refractivity contribution is -0.140. The molecular formula is C6H12INO2. The summed E-state index contributed by atoms with van der Waals surface area (Å²) in [5, 5.41) is 3.10. The summed E-state index contributed by atoms with van der Waals surface area (Å²) in [5.74, 6) is -0.162. The maximum absolute atomic E-state index is 10.5. The van der Waals surface area contributed by atoms with Gasteiger partial charge in [0.15, 0.2) is 0 Å². The van der Waals surface area contributed by atoms with Gasteiger partial charge < -0.3 is 10.1 Å². The fourth-order valence-electron chi connectivity index (χ4n) is 0.475. The van der Waals surface area contributed by atoms with Crippen LogP contribution in [0, 0.1) is 0 Å². The van der Waals surface area contributed by atoms with Crippen LogP contribution in [0.3, 0.4) is 0 Å². The largest absolute Gasteiger partial charge is 0.469 e. The number of ether oxygens (including phenoxy) is 1. The summed E-state index contributed by atoms with van der Waals surface area (Å²) in [6.07, 6.45) is 0.448. The van der Waals surface area contributed by atoms with Crippen molar-refractivity contribution in [2.75, 3.05) is 13.7 Å². The van der Waals surface area contributed by atoms with Crippen LogP contribution in [-0.2, 0) is 9.53 Å². The van der Waals surface area contributed by atoms with Gasteiger partial charge in [-0.05, 0) is 6.92 Å². The van der Waals surface area contributed by atoms with Crippen LogP contribution >= 0.6 is 22.6 Å². The first-order valence-corrected chi connectivity index (χ1v) is 4.35. The summed E-state index contributed by atoms with van der Waals surface area (Å²) in [7, 11) is 1.40. The Morgan fingerprint density at radius 1 is 1.80 bits per heavy atom. The van der Waals surface area contributed by atoms with Gasteiger partial charge in [-0.3, -0.25) is 4.79 Å². The molecule has 1 unspecified atom stereocenters. The molecule has 60 valence electrons. The quantitative estimate of drug-likeness (QED) is 0.352. The fraction of sp³-hybridized carbons (Fsp3) is 0.833. The van der Waals surface area contributed by atoms with Crippen molar-refractivity contribution in [1.82, 2.24) is 5.32 Å². The Morgan fingerprint density at radius 3 is 2.80 bits per heavy atom. The number of carbonyl (C=O) groups is 1. The minimum atomic E-state index is -0.162. The maximum Gasteiger partial charge on any atom is 0.306 e. The van der Waals surface area contributed by atoms with E-state index in [1.165, 1.54) is 7.11 Å². The van der Waals surface area contributed by atoms with Crippen LogP contribution in [0.15, 0.2) is 0 Å². The topological polar surface area (TPSA) is 38.3 Å². The van der Waals surface area contributed by atoms with Crippen LogP contribution in [-0.4, -0.2) is 23.7 Å². The first kappa shape index (κ1) is 10.2. The minimum Gasteiger partial charge on any atom is -0.469 e. The number of halogens is 1. The van der Waals surface area contributed by atoms with Crippen molar-refractivity contribution in [1.29, 1.82) is 0 Å². The molecule has 10 heavy (non-hydrogen) atoms. The lowest BCUT2D eigenvalue weighted by atomic mass is 10.4. The molecule has 1 N–H and O–H groups in total. The van der Waals surface area contributed by atoms with Gasteiger partial charge in [-0.2, -0.15) is 0 Å². The maximum atomic E-state index is 10.5. The van der Waals surface area contributed by atoms with E-state index in [2.05, 4.69) is 32.6 Å². The molecule has 0 saturated heterocycles. The smallest absolute Gasteiger partial charge is 0.306 e. The van der Waals surface area contributed by atoms with Gasteiger partial charge in [0, 0.05) is 6.54 Å². The van der Waals surface area contributed by atoms with Crippen molar-refractivity contribution in [2.24, 2.45) is 0 Å². The van der Waals surface area contributed by atoms with E-state index in [9.17, 15) is 4.79 Å². The standard InChI is InChI=1S/C6H12INO2/c1-5(7)8-4-3-6(9)10-2/h5,8H,3-4H2,1-2H3. The molecular weight excluding hydrogens is 245 g/mol. The van der Waals surface area contributed by atoms with Crippen molar-refractivity contribution in [3.8, 4) is 0 Å². The second-order valence-corrected chi connectivity index (χ2v) is 3.76. The van der Waals surface area contributed by atoms with Gasteiger partial charge in [0.25, 0.3) is 0 Å². The van der Waals surface area contributed by atoms with E-state index in [4.69, 9.17) is 0 Å². The molecule has 0 heterocycles. The molecule has 0 saturated carbocycles. The Hall–Kier alpha value is 0.160.